The first-order chi connectivity index (χ1) is 13.0. The van der Waals surface area contributed by atoms with Crippen LogP contribution in [0.25, 0.3) is 0 Å². The summed E-state index contributed by atoms with van der Waals surface area (Å²) in [5, 5.41) is 0. The van der Waals surface area contributed by atoms with Crippen LogP contribution in [0.4, 0.5) is 0 Å². The van der Waals surface area contributed by atoms with Gasteiger partial charge in [0.2, 0.25) is 17.6 Å². The minimum atomic E-state index is -0.617. The Balaban J connectivity index is 1.49. The van der Waals surface area contributed by atoms with Crippen molar-refractivity contribution in [1.29, 1.82) is 0 Å². The van der Waals surface area contributed by atoms with E-state index in [9.17, 15) is 19.2 Å². The number of imide groups is 1. The molecule has 0 bridgehead atoms. The Bertz CT molecular complexity index is 735. The molecule has 1 saturated carbocycles. The first-order valence-electron chi connectivity index (χ1n) is 9.20. The van der Waals surface area contributed by atoms with E-state index in [2.05, 4.69) is 0 Å². The topological polar surface area (TPSA) is 90.0 Å². The van der Waals surface area contributed by atoms with E-state index in [0.717, 1.165) is 25.7 Å². The number of benzene rings is 1. The summed E-state index contributed by atoms with van der Waals surface area (Å²) < 4.78 is 10.1. The lowest BCUT2D eigenvalue weighted by atomic mass is 9.81. The minimum Gasteiger partial charge on any atom is -0.496 e. The molecule has 0 radical (unpaired) electrons. The molecule has 1 aliphatic heterocycles. The molecule has 1 aromatic rings. The van der Waals surface area contributed by atoms with Crippen LogP contribution in [-0.2, 0) is 19.1 Å². The summed E-state index contributed by atoms with van der Waals surface area (Å²) in [5.74, 6) is -1.39. The van der Waals surface area contributed by atoms with Gasteiger partial charge < -0.3 is 9.47 Å². The molecule has 0 unspecified atom stereocenters. The average Bonchev–Trinajstić information content (AvgIpc) is 2.95. The quantitative estimate of drug-likeness (QED) is 0.412. The first kappa shape index (κ1) is 19.1. The fourth-order valence-electron chi connectivity index (χ4n) is 3.83. The number of fused-ring (bicyclic) bond motifs is 1. The van der Waals surface area contributed by atoms with Gasteiger partial charge in [-0.3, -0.25) is 24.1 Å². The summed E-state index contributed by atoms with van der Waals surface area (Å²) in [7, 11) is 1.46. The number of ketones is 1. The molecular formula is C20H23NO6. The maximum Gasteiger partial charge on any atom is 0.308 e. The molecule has 1 saturated heterocycles. The van der Waals surface area contributed by atoms with Gasteiger partial charge in [-0.2, -0.15) is 0 Å². The Morgan fingerprint density at radius 3 is 2.33 bits per heavy atom. The van der Waals surface area contributed by atoms with E-state index in [1.54, 1.807) is 24.3 Å². The highest BCUT2D eigenvalue weighted by atomic mass is 16.5. The van der Waals surface area contributed by atoms with Crippen molar-refractivity contribution in [3.05, 3.63) is 29.8 Å². The predicted molar refractivity (Wildman–Crippen MR) is 95.1 cm³/mol. The summed E-state index contributed by atoms with van der Waals surface area (Å²) in [6.07, 6.45) is 3.28. The summed E-state index contributed by atoms with van der Waals surface area (Å²) in [5.41, 5.74) is 0.335. The van der Waals surface area contributed by atoms with Gasteiger partial charge in [-0.05, 0) is 25.0 Å². The SMILES string of the molecule is COc1ccccc1C(=O)COC(=O)CCN1C(=O)[C@@H]2CCCC[C@H]2C1=O. The zero-order valence-corrected chi connectivity index (χ0v) is 15.3. The largest absolute Gasteiger partial charge is 0.496 e. The van der Waals surface area contributed by atoms with Crippen LogP contribution in [0.1, 0.15) is 42.5 Å². The second kappa shape index (κ2) is 8.33. The number of rotatable bonds is 7. The standard InChI is InChI=1S/C20H23NO6/c1-26-17-9-5-4-8-15(17)16(22)12-27-18(23)10-11-21-19(24)13-6-2-3-7-14(13)20(21)25/h4-5,8-9,13-14H,2-3,6-7,10-12H2,1H3/t13-,14-/m1/s1. The van der Waals surface area contributed by atoms with Crippen molar-refractivity contribution in [3.8, 4) is 5.75 Å². The van der Waals surface area contributed by atoms with E-state index in [-0.39, 0.29) is 42.4 Å². The molecule has 3 rings (SSSR count). The molecule has 2 amide bonds. The molecule has 27 heavy (non-hydrogen) atoms. The van der Waals surface area contributed by atoms with Gasteiger partial charge in [0.25, 0.3) is 0 Å². The number of hydrogen-bond acceptors (Lipinski definition) is 6. The van der Waals surface area contributed by atoms with Gasteiger partial charge in [-0.15, -0.1) is 0 Å². The van der Waals surface area contributed by atoms with Crippen LogP contribution in [0.5, 0.6) is 5.75 Å². The van der Waals surface area contributed by atoms with E-state index in [0.29, 0.717) is 11.3 Å². The Morgan fingerprint density at radius 2 is 1.70 bits per heavy atom. The first-order valence-corrected chi connectivity index (χ1v) is 9.20. The summed E-state index contributed by atoms with van der Waals surface area (Å²) >= 11 is 0. The second-order valence-corrected chi connectivity index (χ2v) is 6.86. The van der Waals surface area contributed by atoms with E-state index in [1.165, 1.54) is 12.0 Å². The van der Waals surface area contributed by atoms with Crippen molar-refractivity contribution in [1.82, 2.24) is 4.90 Å². The van der Waals surface area contributed by atoms with Crippen molar-refractivity contribution < 1.29 is 28.7 Å². The number of likely N-dealkylation sites (tertiary alicyclic amines) is 1. The third kappa shape index (κ3) is 4.02. The number of nitrogens with zero attached hydrogens (tertiary/aromatic N) is 1. The van der Waals surface area contributed by atoms with Crippen LogP contribution in [0.2, 0.25) is 0 Å². The number of esters is 1. The number of Topliss-reactive ketones (excluding diaryl/α,β-unsaturated/α-hetero) is 1. The summed E-state index contributed by atoms with van der Waals surface area (Å²) in [4.78, 5) is 50.1. The molecule has 0 N–H and O–H groups in total. The maximum atomic E-state index is 12.4. The van der Waals surface area contributed by atoms with Crippen LogP contribution in [0, 0.1) is 11.8 Å². The molecule has 0 aromatic heterocycles. The molecule has 2 fully saturated rings. The van der Waals surface area contributed by atoms with E-state index < -0.39 is 12.6 Å². The predicted octanol–water partition coefficient (Wildman–Crippen LogP) is 1.99. The van der Waals surface area contributed by atoms with Gasteiger partial charge in [0.15, 0.2) is 6.61 Å². The monoisotopic (exact) mass is 373 g/mol. The Morgan fingerprint density at radius 1 is 1.07 bits per heavy atom. The molecule has 144 valence electrons. The van der Waals surface area contributed by atoms with Crippen LogP contribution in [0.3, 0.4) is 0 Å². The molecule has 2 aliphatic rings. The fourth-order valence-corrected chi connectivity index (χ4v) is 3.83. The number of hydrogen-bond donors (Lipinski definition) is 0. The number of amides is 2. The Hall–Kier alpha value is -2.70. The van der Waals surface area contributed by atoms with Crippen molar-refractivity contribution in [2.24, 2.45) is 11.8 Å². The lowest BCUT2D eigenvalue weighted by Crippen LogP contribution is -2.33. The van der Waals surface area contributed by atoms with Crippen molar-refractivity contribution in [3.63, 3.8) is 0 Å². The number of para-hydroxylation sites is 1. The van der Waals surface area contributed by atoms with E-state index in [4.69, 9.17) is 9.47 Å². The van der Waals surface area contributed by atoms with Crippen LogP contribution in [-0.4, -0.2) is 48.7 Å². The van der Waals surface area contributed by atoms with E-state index in [1.807, 2.05) is 0 Å². The molecule has 1 aliphatic carbocycles. The minimum absolute atomic E-state index is 0.00630. The number of carbonyl (C=O) groups excluding carboxylic acids is 4. The van der Waals surface area contributed by atoms with Crippen LogP contribution in [0.15, 0.2) is 24.3 Å². The normalized spacial score (nSPS) is 21.7. The van der Waals surface area contributed by atoms with Crippen LogP contribution >= 0.6 is 0 Å². The lowest BCUT2D eigenvalue weighted by molar-refractivity contribution is -0.145. The fraction of sp³-hybridized carbons (Fsp3) is 0.500. The molecule has 7 heteroatoms. The molecule has 0 spiro atoms. The summed E-state index contributed by atoms with van der Waals surface area (Å²) in [6.45, 7) is -0.404. The van der Waals surface area contributed by atoms with Gasteiger partial charge in [0.05, 0.1) is 30.9 Å². The zero-order chi connectivity index (χ0) is 19.4. The summed E-state index contributed by atoms with van der Waals surface area (Å²) in [6, 6.07) is 6.68. The van der Waals surface area contributed by atoms with Crippen LogP contribution < -0.4 is 4.74 Å². The number of methoxy groups -OCH3 is 1. The Labute approximate surface area is 157 Å². The van der Waals surface area contributed by atoms with Crippen molar-refractivity contribution in [2.75, 3.05) is 20.3 Å². The molecule has 7 nitrogen and oxygen atoms in total. The smallest absolute Gasteiger partial charge is 0.308 e. The van der Waals surface area contributed by atoms with Crippen molar-refractivity contribution in [2.45, 2.75) is 32.1 Å². The second-order valence-electron chi connectivity index (χ2n) is 6.86. The number of ether oxygens (including phenoxy) is 2. The molecular weight excluding hydrogens is 350 g/mol. The van der Waals surface area contributed by atoms with E-state index >= 15 is 0 Å². The van der Waals surface area contributed by atoms with Crippen molar-refractivity contribution >= 4 is 23.6 Å². The van der Waals surface area contributed by atoms with Gasteiger partial charge in [0, 0.05) is 6.54 Å². The highest BCUT2D eigenvalue weighted by molar-refractivity contribution is 6.05. The van der Waals surface area contributed by atoms with Gasteiger partial charge in [0.1, 0.15) is 5.75 Å². The number of carbonyl (C=O) groups is 4. The molecule has 1 aromatic carbocycles. The average molecular weight is 373 g/mol. The molecule has 1 heterocycles. The highest BCUT2D eigenvalue weighted by Crippen LogP contribution is 2.37. The van der Waals surface area contributed by atoms with Gasteiger partial charge >= 0.3 is 5.97 Å². The zero-order valence-electron chi connectivity index (χ0n) is 15.3. The Kier molecular flexibility index (Phi) is 5.88. The lowest BCUT2D eigenvalue weighted by Gasteiger charge is -2.19. The molecule has 2 atom stereocenters. The third-order valence-corrected chi connectivity index (χ3v) is 5.24. The third-order valence-electron chi connectivity index (χ3n) is 5.24. The maximum absolute atomic E-state index is 12.4. The van der Waals surface area contributed by atoms with Gasteiger partial charge in [-0.1, -0.05) is 25.0 Å². The van der Waals surface area contributed by atoms with Gasteiger partial charge in [-0.25, -0.2) is 0 Å². The highest BCUT2D eigenvalue weighted by Gasteiger charge is 2.47.